The molecule has 0 radical (unpaired) electrons. The average molecular weight is 647 g/mol. The van der Waals surface area contributed by atoms with Crippen LogP contribution in [-0.4, -0.2) is 102 Å². The molecule has 2 aromatic rings. The number of hydrogen-bond donors (Lipinski definition) is 1. The first kappa shape index (κ1) is 32.7. The highest BCUT2D eigenvalue weighted by Crippen LogP contribution is 2.48. The molecule has 1 N–H and O–H groups in total. The number of nitrogens with zero attached hydrogens (tertiary/aromatic N) is 5. The van der Waals surface area contributed by atoms with Gasteiger partial charge in [0.05, 0.1) is 5.25 Å². The van der Waals surface area contributed by atoms with Crippen molar-refractivity contribution in [2.45, 2.75) is 76.1 Å². The van der Waals surface area contributed by atoms with Gasteiger partial charge in [0.2, 0.25) is 11.8 Å². The van der Waals surface area contributed by atoms with Crippen molar-refractivity contribution in [3.8, 4) is 0 Å². The van der Waals surface area contributed by atoms with Crippen LogP contribution in [0, 0.1) is 5.41 Å². The molecule has 4 aliphatic heterocycles. The third-order valence-corrected chi connectivity index (χ3v) is 11.4. The van der Waals surface area contributed by atoms with Crippen molar-refractivity contribution >= 4 is 41.0 Å². The molecule has 9 nitrogen and oxygen atoms in total. The Morgan fingerprint density at radius 1 is 0.935 bits per heavy atom. The van der Waals surface area contributed by atoms with E-state index in [0.717, 1.165) is 63.1 Å². The van der Waals surface area contributed by atoms with E-state index >= 15 is 0 Å². The van der Waals surface area contributed by atoms with Crippen LogP contribution in [0.1, 0.15) is 69.4 Å². The first-order chi connectivity index (χ1) is 22.1. The van der Waals surface area contributed by atoms with Crippen LogP contribution in [0.2, 0.25) is 0 Å². The summed E-state index contributed by atoms with van der Waals surface area (Å²) in [6, 6.07) is 16.5. The molecule has 2 atom stereocenters. The molecule has 2 aromatic carbocycles. The standard InChI is InChI=1S/C36H50N6O3S/c1-36(2,3)16-21-41-33(44)31(46-34(41)28-11-6-8-13-30(28)39-18-9-17-38(4)22-23-39)24-32(43)40-19-14-27(15-20-40)42-25-26-10-5-7-12-29(26)37-35(42)45/h5-8,10-13,27,31,34H,9,14-25H2,1-4H3,(H,37,45). The van der Waals surface area contributed by atoms with E-state index in [9.17, 15) is 14.4 Å². The minimum absolute atomic E-state index is 0.0398. The van der Waals surface area contributed by atoms with Gasteiger partial charge in [-0.1, -0.05) is 57.2 Å². The van der Waals surface area contributed by atoms with E-state index in [4.69, 9.17) is 0 Å². The summed E-state index contributed by atoms with van der Waals surface area (Å²) >= 11 is 1.65. The molecule has 248 valence electrons. The van der Waals surface area contributed by atoms with E-state index in [-0.39, 0.29) is 41.1 Å². The van der Waals surface area contributed by atoms with Crippen molar-refractivity contribution in [1.82, 2.24) is 19.6 Å². The maximum absolute atomic E-state index is 14.1. The molecule has 4 heterocycles. The van der Waals surface area contributed by atoms with Crippen molar-refractivity contribution < 1.29 is 14.4 Å². The molecule has 0 saturated carbocycles. The maximum Gasteiger partial charge on any atom is 0.322 e. The van der Waals surface area contributed by atoms with Gasteiger partial charge >= 0.3 is 6.03 Å². The van der Waals surface area contributed by atoms with Crippen LogP contribution in [0.4, 0.5) is 16.2 Å². The Morgan fingerprint density at radius 3 is 2.46 bits per heavy atom. The Bertz CT molecular complexity index is 1420. The minimum Gasteiger partial charge on any atom is -0.370 e. The molecule has 4 amide bonds. The molecule has 10 heteroatoms. The number of carbonyl (C=O) groups is 3. The SMILES string of the molecule is CN1CCCN(c2ccccc2C2SC(CC(=O)N3CCC(N4Cc5ccccc5NC4=O)CC3)C(=O)N2CCC(C)(C)C)CC1. The van der Waals surface area contributed by atoms with Crippen LogP contribution in [0.15, 0.2) is 48.5 Å². The second-order valence-corrected chi connectivity index (χ2v) is 15.8. The molecule has 0 spiro atoms. The monoisotopic (exact) mass is 646 g/mol. The highest BCUT2D eigenvalue weighted by molar-refractivity contribution is 8.01. The lowest BCUT2D eigenvalue weighted by molar-refractivity contribution is -0.137. The third-order valence-electron chi connectivity index (χ3n) is 9.98. The van der Waals surface area contributed by atoms with Crippen molar-refractivity contribution in [3.63, 3.8) is 0 Å². The molecular weight excluding hydrogens is 597 g/mol. The maximum atomic E-state index is 14.1. The number of para-hydroxylation sites is 2. The number of nitrogens with one attached hydrogen (secondary N) is 1. The molecule has 0 aliphatic carbocycles. The zero-order chi connectivity index (χ0) is 32.4. The van der Waals surface area contributed by atoms with Crippen LogP contribution in [0.5, 0.6) is 0 Å². The number of amides is 4. The highest BCUT2D eigenvalue weighted by atomic mass is 32.2. The zero-order valence-corrected chi connectivity index (χ0v) is 28.7. The smallest absolute Gasteiger partial charge is 0.322 e. The third kappa shape index (κ3) is 7.33. The number of carbonyl (C=O) groups excluding carboxylic acids is 3. The molecule has 3 fully saturated rings. The second-order valence-electron chi connectivity index (χ2n) is 14.6. The number of piperidine rings is 1. The lowest BCUT2D eigenvalue weighted by Crippen LogP contribution is -2.51. The van der Waals surface area contributed by atoms with Gasteiger partial charge in [-0.3, -0.25) is 9.59 Å². The number of likely N-dealkylation sites (N-methyl/N-ethyl adjacent to an activating group) is 1. The summed E-state index contributed by atoms with van der Waals surface area (Å²) in [7, 11) is 2.18. The van der Waals surface area contributed by atoms with Gasteiger partial charge in [0.15, 0.2) is 0 Å². The molecule has 4 aliphatic rings. The molecule has 46 heavy (non-hydrogen) atoms. The first-order valence-corrected chi connectivity index (χ1v) is 17.9. The van der Waals surface area contributed by atoms with E-state index in [1.54, 1.807) is 11.8 Å². The van der Waals surface area contributed by atoms with Crippen LogP contribution in [0.3, 0.4) is 0 Å². The predicted octanol–water partition coefficient (Wildman–Crippen LogP) is 5.64. The summed E-state index contributed by atoms with van der Waals surface area (Å²) in [6.07, 6.45) is 3.70. The quantitative estimate of drug-likeness (QED) is 0.420. The lowest BCUT2D eigenvalue weighted by Gasteiger charge is -2.40. The Balaban J connectivity index is 1.13. The van der Waals surface area contributed by atoms with E-state index in [0.29, 0.717) is 26.2 Å². The molecule has 0 aromatic heterocycles. The molecule has 2 unspecified atom stereocenters. The fourth-order valence-corrected chi connectivity index (χ4v) is 8.66. The summed E-state index contributed by atoms with van der Waals surface area (Å²) in [5.74, 6) is 0.120. The Labute approximate surface area is 278 Å². The molecule has 3 saturated heterocycles. The summed E-state index contributed by atoms with van der Waals surface area (Å²) in [5, 5.41) is 2.51. The van der Waals surface area contributed by atoms with Crippen molar-refractivity contribution in [2.75, 3.05) is 63.1 Å². The van der Waals surface area contributed by atoms with Crippen LogP contribution in [0.25, 0.3) is 0 Å². The van der Waals surface area contributed by atoms with E-state index < -0.39 is 5.25 Å². The molecular formula is C36H50N6O3S. The first-order valence-electron chi connectivity index (χ1n) is 17.0. The van der Waals surface area contributed by atoms with Gasteiger partial charge in [0.25, 0.3) is 0 Å². The van der Waals surface area contributed by atoms with Crippen molar-refractivity contribution in [1.29, 1.82) is 0 Å². The Morgan fingerprint density at radius 2 is 1.67 bits per heavy atom. The highest BCUT2D eigenvalue weighted by Gasteiger charge is 2.44. The van der Waals surface area contributed by atoms with Crippen molar-refractivity contribution in [2.24, 2.45) is 5.41 Å². The normalized spacial score (nSPS) is 23.4. The average Bonchev–Trinajstić information content (AvgIpc) is 3.18. The van der Waals surface area contributed by atoms with Crippen molar-refractivity contribution in [3.05, 3.63) is 59.7 Å². The number of hydrogen-bond acceptors (Lipinski definition) is 6. The summed E-state index contributed by atoms with van der Waals surface area (Å²) in [5.41, 5.74) is 4.48. The van der Waals surface area contributed by atoms with Gasteiger partial charge in [-0.25, -0.2) is 4.79 Å². The second kappa shape index (κ2) is 13.9. The summed E-state index contributed by atoms with van der Waals surface area (Å²) < 4.78 is 0. The number of thioether (sulfide) groups is 1. The van der Waals surface area contributed by atoms with Gasteiger partial charge in [-0.15, -0.1) is 11.8 Å². The van der Waals surface area contributed by atoms with Gasteiger partial charge < -0.3 is 29.8 Å². The van der Waals surface area contributed by atoms with Gasteiger partial charge in [-0.2, -0.15) is 0 Å². The van der Waals surface area contributed by atoms with E-state index in [2.05, 4.69) is 78.2 Å². The van der Waals surface area contributed by atoms with Crippen LogP contribution >= 0.6 is 11.8 Å². The van der Waals surface area contributed by atoms with Gasteiger partial charge in [0.1, 0.15) is 5.37 Å². The lowest BCUT2D eigenvalue weighted by atomic mass is 9.92. The minimum atomic E-state index is -0.400. The van der Waals surface area contributed by atoms with E-state index in [1.807, 2.05) is 28.0 Å². The topological polar surface area (TPSA) is 79.4 Å². The number of rotatable bonds is 7. The fraction of sp³-hybridized carbons (Fsp3) is 0.583. The largest absolute Gasteiger partial charge is 0.370 e. The Hall–Kier alpha value is -3.24. The number of benzene rings is 2. The zero-order valence-electron chi connectivity index (χ0n) is 27.9. The van der Waals surface area contributed by atoms with Gasteiger partial charge in [-0.05, 0) is 62.4 Å². The summed E-state index contributed by atoms with van der Waals surface area (Å²) in [6.45, 7) is 13.2. The number of fused-ring (bicyclic) bond motifs is 1. The van der Waals surface area contributed by atoms with Crippen LogP contribution < -0.4 is 10.2 Å². The molecule has 6 rings (SSSR count). The summed E-state index contributed by atoms with van der Waals surface area (Å²) in [4.78, 5) is 51.4. The van der Waals surface area contributed by atoms with Gasteiger partial charge in [0, 0.05) is 75.2 Å². The predicted molar refractivity (Wildman–Crippen MR) is 186 cm³/mol. The van der Waals surface area contributed by atoms with Crippen LogP contribution in [-0.2, 0) is 16.1 Å². The number of likely N-dealkylation sites (tertiary alicyclic amines) is 1. The number of anilines is 2. The number of urea groups is 1. The van der Waals surface area contributed by atoms with E-state index in [1.165, 1.54) is 11.3 Å². The Kier molecular flexibility index (Phi) is 9.85. The molecule has 0 bridgehead atoms. The fourth-order valence-electron chi connectivity index (χ4n) is 7.15.